The van der Waals surface area contributed by atoms with Crippen LogP contribution < -0.4 is 5.32 Å². The predicted octanol–water partition coefficient (Wildman–Crippen LogP) is 3.00. The second-order valence-electron chi connectivity index (χ2n) is 4.63. The van der Waals surface area contributed by atoms with Crippen molar-refractivity contribution in [2.24, 2.45) is 7.05 Å². The number of aryl methyl sites for hydroxylation is 2. The molecule has 0 atom stereocenters. The smallest absolute Gasteiger partial charge is 0.335 e. The number of nitrogens with zero attached hydrogens (tertiary/aromatic N) is 2. The van der Waals surface area contributed by atoms with Gasteiger partial charge in [-0.05, 0) is 32.0 Å². The minimum Gasteiger partial charge on any atom is -0.478 e. The Balaban J connectivity index is 2.22. The first kappa shape index (κ1) is 14.4. The van der Waals surface area contributed by atoms with Gasteiger partial charge in [0.1, 0.15) is 0 Å². The van der Waals surface area contributed by atoms with Crippen molar-refractivity contribution < 1.29 is 9.90 Å². The second-order valence-corrected chi connectivity index (χ2v) is 5.03. The Morgan fingerprint density at radius 2 is 2.15 bits per heavy atom. The van der Waals surface area contributed by atoms with E-state index in [0.717, 1.165) is 17.0 Å². The summed E-state index contributed by atoms with van der Waals surface area (Å²) >= 11 is 6.08. The van der Waals surface area contributed by atoms with Crippen molar-refractivity contribution in [2.45, 2.75) is 20.4 Å². The molecule has 2 aromatic rings. The number of carboxylic acid groups (broad SMARTS) is 1. The van der Waals surface area contributed by atoms with Gasteiger partial charge in [-0.2, -0.15) is 5.10 Å². The lowest BCUT2D eigenvalue weighted by atomic mass is 10.1. The van der Waals surface area contributed by atoms with Gasteiger partial charge in [-0.25, -0.2) is 4.79 Å². The first-order chi connectivity index (χ1) is 9.40. The van der Waals surface area contributed by atoms with Crippen molar-refractivity contribution >= 4 is 23.3 Å². The summed E-state index contributed by atoms with van der Waals surface area (Å²) in [6.45, 7) is 4.49. The lowest BCUT2D eigenvalue weighted by molar-refractivity contribution is 0.0697. The summed E-state index contributed by atoms with van der Waals surface area (Å²) < 4.78 is 1.82. The summed E-state index contributed by atoms with van der Waals surface area (Å²) in [5.74, 6) is -0.974. The van der Waals surface area contributed by atoms with Crippen LogP contribution in [-0.4, -0.2) is 20.9 Å². The summed E-state index contributed by atoms with van der Waals surface area (Å²) in [4.78, 5) is 11.0. The van der Waals surface area contributed by atoms with E-state index < -0.39 is 5.97 Å². The van der Waals surface area contributed by atoms with Gasteiger partial charge in [0.2, 0.25) is 0 Å². The van der Waals surface area contributed by atoms with Crippen molar-refractivity contribution in [1.82, 2.24) is 9.78 Å². The zero-order chi connectivity index (χ0) is 14.9. The van der Waals surface area contributed by atoms with Gasteiger partial charge in [0.05, 0.1) is 22.0 Å². The van der Waals surface area contributed by atoms with Crippen LogP contribution in [0.25, 0.3) is 0 Å². The fraction of sp³-hybridized carbons (Fsp3) is 0.286. The van der Waals surface area contributed by atoms with Crippen LogP contribution in [0.1, 0.15) is 27.3 Å². The summed E-state index contributed by atoms with van der Waals surface area (Å²) in [7, 11) is 1.89. The average Bonchev–Trinajstić information content (AvgIpc) is 2.63. The van der Waals surface area contributed by atoms with E-state index in [4.69, 9.17) is 16.7 Å². The normalized spacial score (nSPS) is 10.6. The van der Waals surface area contributed by atoms with Crippen molar-refractivity contribution in [3.63, 3.8) is 0 Å². The number of carbonyl (C=O) groups is 1. The molecule has 0 aliphatic rings. The maximum atomic E-state index is 11.0. The summed E-state index contributed by atoms with van der Waals surface area (Å²) in [5, 5.41) is 17.0. The third-order valence-electron chi connectivity index (χ3n) is 3.33. The van der Waals surface area contributed by atoms with Crippen LogP contribution in [0.4, 0.5) is 5.69 Å². The molecule has 6 heteroatoms. The molecule has 0 fully saturated rings. The summed E-state index contributed by atoms with van der Waals surface area (Å²) in [6.07, 6.45) is 0. The van der Waals surface area contributed by atoms with E-state index >= 15 is 0 Å². The molecule has 1 aromatic carbocycles. The number of rotatable bonds is 4. The lowest BCUT2D eigenvalue weighted by Crippen LogP contribution is -2.04. The van der Waals surface area contributed by atoms with Crippen molar-refractivity contribution in [3.8, 4) is 0 Å². The highest BCUT2D eigenvalue weighted by molar-refractivity contribution is 6.33. The number of carboxylic acids is 1. The molecule has 0 saturated heterocycles. The molecular formula is C14H16ClN3O2. The topological polar surface area (TPSA) is 67.2 Å². The largest absolute Gasteiger partial charge is 0.478 e. The predicted molar refractivity (Wildman–Crippen MR) is 78.4 cm³/mol. The quantitative estimate of drug-likeness (QED) is 0.909. The Kier molecular flexibility index (Phi) is 3.99. The van der Waals surface area contributed by atoms with E-state index in [1.54, 1.807) is 6.07 Å². The number of hydrogen-bond donors (Lipinski definition) is 2. The Morgan fingerprint density at radius 3 is 2.70 bits per heavy atom. The number of benzene rings is 1. The first-order valence-electron chi connectivity index (χ1n) is 6.16. The minimum absolute atomic E-state index is 0.205. The van der Waals surface area contributed by atoms with Gasteiger partial charge in [-0.3, -0.25) is 4.68 Å². The van der Waals surface area contributed by atoms with Crippen LogP contribution in [0, 0.1) is 13.8 Å². The van der Waals surface area contributed by atoms with Gasteiger partial charge in [-0.15, -0.1) is 0 Å². The third kappa shape index (κ3) is 2.77. The SMILES string of the molecule is Cc1nn(C)c(C)c1CNc1cc(C(=O)O)ccc1Cl. The highest BCUT2D eigenvalue weighted by Crippen LogP contribution is 2.24. The van der Waals surface area contributed by atoms with Crippen molar-refractivity contribution in [2.75, 3.05) is 5.32 Å². The lowest BCUT2D eigenvalue weighted by Gasteiger charge is -2.10. The van der Waals surface area contributed by atoms with E-state index in [9.17, 15) is 4.79 Å². The summed E-state index contributed by atoms with van der Waals surface area (Å²) in [6, 6.07) is 4.60. The standard InChI is InChI=1S/C14H16ClN3O2/c1-8-11(9(2)18(3)17-8)7-16-13-6-10(14(19)20)4-5-12(13)15/h4-6,16H,7H2,1-3H3,(H,19,20). The number of nitrogens with one attached hydrogen (secondary N) is 1. The third-order valence-corrected chi connectivity index (χ3v) is 3.66. The Hall–Kier alpha value is -2.01. The van der Waals surface area contributed by atoms with Gasteiger partial charge in [-0.1, -0.05) is 11.6 Å². The van der Waals surface area contributed by atoms with E-state index in [2.05, 4.69) is 10.4 Å². The van der Waals surface area contributed by atoms with E-state index in [-0.39, 0.29) is 5.56 Å². The second kappa shape index (κ2) is 5.54. The molecule has 2 N–H and O–H groups in total. The van der Waals surface area contributed by atoms with Gasteiger partial charge in [0.25, 0.3) is 0 Å². The molecule has 1 aromatic heterocycles. The molecule has 0 saturated carbocycles. The maximum absolute atomic E-state index is 11.0. The van der Waals surface area contributed by atoms with E-state index in [1.165, 1.54) is 12.1 Å². The summed E-state index contributed by atoms with van der Waals surface area (Å²) in [5.41, 5.74) is 3.92. The van der Waals surface area contributed by atoms with Crippen LogP contribution in [0.2, 0.25) is 5.02 Å². The molecule has 0 unspecified atom stereocenters. The zero-order valence-corrected chi connectivity index (χ0v) is 12.3. The van der Waals surface area contributed by atoms with Crippen LogP contribution in [0.15, 0.2) is 18.2 Å². The Bertz CT molecular complexity index is 665. The molecule has 0 amide bonds. The molecule has 0 aliphatic heterocycles. The molecule has 0 radical (unpaired) electrons. The van der Waals surface area contributed by atoms with Crippen molar-refractivity contribution in [3.05, 3.63) is 45.7 Å². The Morgan fingerprint density at radius 1 is 1.45 bits per heavy atom. The minimum atomic E-state index is -0.974. The zero-order valence-electron chi connectivity index (χ0n) is 11.6. The maximum Gasteiger partial charge on any atom is 0.335 e. The fourth-order valence-corrected chi connectivity index (χ4v) is 2.24. The average molecular weight is 294 g/mol. The molecule has 0 bridgehead atoms. The van der Waals surface area contributed by atoms with Crippen LogP contribution >= 0.6 is 11.6 Å². The Labute approximate surface area is 122 Å². The van der Waals surface area contributed by atoms with Gasteiger partial charge in [0.15, 0.2) is 0 Å². The molecule has 106 valence electrons. The number of anilines is 1. The molecule has 2 rings (SSSR count). The van der Waals surface area contributed by atoms with Crippen LogP contribution in [0.5, 0.6) is 0 Å². The number of aromatic nitrogens is 2. The van der Waals surface area contributed by atoms with Crippen LogP contribution in [0.3, 0.4) is 0 Å². The molecule has 1 heterocycles. The molecule has 5 nitrogen and oxygen atoms in total. The number of halogens is 1. The molecular weight excluding hydrogens is 278 g/mol. The molecule has 0 aliphatic carbocycles. The van der Waals surface area contributed by atoms with E-state index in [1.807, 2.05) is 25.6 Å². The monoisotopic (exact) mass is 293 g/mol. The van der Waals surface area contributed by atoms with Gasteiger partial charge < -0.3 is 10.4 Å². The fourth-order valence-electron chi connectivity index (χ4n) is 2.05. The highest BCUT2D eigenvalue weighted by Gasteiger charge is 2.11. The van der Waals surface area contributed by atoms with Gasteiger partial charge in [0, 0.05) is 24.8 Å². The molecule has 0 spiro atoms. The number of aromatic carboxylic acids is 1. The number of hydrogen-bond acceptors (Lipinski definition) is 3. The van der Waals surface area contributed by atoms with E-state index in [0.29, 0.717) is 17.3 Å². The molecule has 20 heavy (non-hydrogen) atoms. The highest BCUT2D eigenvalue weighted by atomic mass is 35.5. The van der Waals surface area contributed by atoms with Gasteiger partial charge >= 0.3 is 5.97 Å². The van der Waals surface area contributed by atoms with Crippen molar-refractivity contribution in [1.29, 1.82) is 0 Å². The first-order valence-corrected chi connectivity index (χ1v) is 6.53. The van der Waals surface area contributed by atoms with Crippen LogP contribution in [-0.2, 0) is 13.6 Å².